The molecular weight excluding hydrogens is 449 g/mol. The van der Waals surface area contributed by atoms with Crippen LogP contribution in [0.25, 0.3) is 0 Å². The first-order valence-electron chi connectivity index (χ1n) is 10.4. The molecule has 0 heterocycles. The second kappa shape index (κ2) is 10.9. The molecule has 3 atom stereocenters. The maximum Gasteiger partial charge on any atom is 0.512 e. The lowest BCUT2D eigenvalue weighted by Crippen LogP contribution is -2.49. The Morgan fingerprint density at radius 3 is 2.00 bits per heavy atom. The molecule has 2 aliphatic carbocycles. The van der Waals surface area contributed by atoms with E-state index in [4.69, 9.17) is 13.3 Å². The summed E-state index contributed by atoms with van der Waals surface area (Å²) in [5.74, 6) is 1.66. The van der Waals surface area contributed by atoms with E-state index in [1.165, 1.54) is 12.8 Å². The molecule has 1 N–H and O–H groups in total. The zero-order valence-electron chi connectivity index (χ0n) is 18.2. The number of hydrogen-bond acceptors (Lipinski definition) is 8. The Hall–Kier alpha value is 1.46. The third-order valence-corrected chi connectivity index (χ3v) is 17.8. The van der Waals surface area contributed by atoms with Crippen molar-refractivity contribution in [2.45, 2.75) is 72.8 Å². The molecule has 0 saturated heterocycles. The summed E-state index contributed by atoms with van der Waals surface area (Å²) in [5, 5.41) is 12.1. The molecule has 0 aliphatic heterocycles. The van der Waals surface area contributed by atoms with Gasteiger partial charge in [-0.1, -0.05) is 42.4 Å². The van der Waals surface area contributed by atoms with Crippen LogP contribution in [0, 0.1) is 16.7 Å². The molecule has 2 fully saturated rings. The Bertz CT molecular complexity index is 482. The van der Waals surface area contributed by atoms with Crippen molar-refractivity contribution in [1.29, 1.82) is 0 Å². The quantitative estimate of drug-likeness (QED) is 0.176. The maximum absolute atomic E-state index is 11.4. The first kappa shape index (κ1) is 25.7. The normalized spacial score (nSPS) is 31.6. The number of aliphatic hydroxyl groups is 1. The molecule has 2 bridgehead atoms. The van der Waals surface area contributed by atoms with Gasteiger partial charge >= 0.3 is 8.80 Å². The molecule has 166 valence electrons. The van der Waals surface area contributed by atoms with Crippen LogP contribution in [0.5, 0.6) is 0 Å². The van der Waals surface area contributed by atoms with Crippen molar-refractivity contribution in [1.82, 2.24) is 0 Å². The highest BCUT2D eigenvalue weighted by Gasteiger charge is 2.67. The van der Waals surface area contributed by atoms with Gasteiger partial charge in [-0.15, -0.1) is 0 Å². The first-order chi connectivity index (χ1) is 13.2. The van der Waals surface area contributed by atoms with Gasteiger partial charge in [0, 0.05) is 31.0 Å². The van der Waals surface area contributed by atoms with Crippen LogP contribution in [0.2, 0.25) is 0 Å². The van der Waals surface area contributed by atoms with Crippen LogP contribution >= 0.6 is 41.2 Å². The molecule has 9 heteroatoms. The van der Waals surface area contributed by atoms with E-state index in [-0.39, 0.29) is 10.8 Å². The van der Waals surface area contributed by atoms with E-state index < -0.39 is 14.4 Å². The van der Waals surface area contributed by atoms with Gasteiger partial charge in [0.15, 0.2) is 0 Å². The van der Waals surface area contributed by atoms with Gasteiger partial charge in [-0.2, -0.15) is 0 Å². The third kappa shape index (κ3) is 5.26. The van der Waals surface area contributed by atoms with Gasteiger partial charge in [0.25, 0.3) is 0 Å². The summed E-state index contributed by atoms with van der Waals surface area (Å²) in [7, 11) is 4.60. The summed E-state index contributed by atoms with van der Waals surface area (Å²) in [6, 6.07) is 0. The Balaban J connectivity index is 1.69. The molecule has 2 rings (SSSR count). The summed E-state index contributed by atoms with van der Waals surface area (Å²) in [4.78, 5) is 0. The van der Waals surface area contributed by atoms with E-state index in [1.54, 1.807) is 30.4 Å². The highest BCUT2D eigenvalue weighted by Crippen LogP contribution is 2.70. The Morgan fingerprint density at radius 1 is 0.964 bits per heavy atom. The predicted molar refractivity (Wildman–Crippen MR) is 130 cm³/mol. The fraction of sp³-hybridized carbons (Fsp3) is 1.00. The second-order valence-electron chi connectivity index (χ2n) is 8.48. The smallest absolute Gasteiger partial charge is 0.389 e. The standard InChI is InChI=1S/C19H38O4S4Si/c1-7-21-28(22-8-2,23-9-3)15-25-27-26-24-13-12-19(20)14-16-10-11-18(19,6)17(16,4)5/h16,20H,7-15H2,1-6H3. The summed E-state index contributed by atoms with van der Waals surface area (Å²) >= 11 is 0. The molecule has 3 unspecified atom stereocenters. The molecule has 2 saturated carbocycles. The lowest BCUT2D eigenvalue weighted by molar-refractivity contribution is -0.0906. The van der Waals surface area contributed by atoms with Crippen molar-refractivity contribution in [3.05, 3.63) is 0 Å². The molecule has 0 radical (unpaired) electrons. The monoisotopic (exact) mass is 486 g/mol. The van der Waals surface area contributed by atoms with Crippen molar-refractivity contribution in [2.75, 3.05) is 30.9 Å². The van der Waals surface area contributed by atoms with Crippen LogP contribution in [0.3, 0.4) is 0 Å². The highest BCUT2D eigenvalue weighted by molar-refractivity contribution is 9.26. The zero-order valence-corrected chi connectivity index (χ0v) is 22.5. The molecule has 2 aliphatic rings. The van der Waals surface area contributed by atoms with Gasteiger partial charge in [0.1, 0.15) is 0 Å². The zero-order chi connectivity index (χ0) is 20.9. The van der Waals surface area contributed by atoms with E-state index in [0.29, 0.717) is 25.7 Å². The van der Waals surface area contributed by atoms with Crippen molar-refractivity contribution in [2.24, 2.45) is 16.7 Å². The second-order valence-corrected chi connectivity index (χ2v) is 17.7. The fourth-order valence-corrected chi connectivity index (χ4v) is 16.2. The van der Waals surface area contributed by atoms with Gasteiger partial charge < -0.3 is 18.4 Å². The third-order valence-electron chi connectivity index (χ3n) is 7.10. The topological polar surface area (TPSA) is 47.9 Å². The van der Waals surface area contributed by atoms with E-state index >= 15 is 0 Å². The van der Waals surface area contributed by atoms with E-state index in [1.807, 2.05) is 31.6 Å². The van der Waals surface area contributed by atoms with Crippen molar-refractivity contribution in [3.8, 4) is 0 Å². The fourth-order valence-electron chi connectivity index (χ4n) is 5.09. The number of rotatable bonds is 14. The molecule has 0 aromatic heterocycles. The average Bonchev–Trinajstić information content (AvgIpc) is 2.93. The molecular formula is C19H38O4S4Si. The van der Waals surface area contributed by atoms with E-state index in [0.717, 1.165) is 24.0 Å². The minimum absolute atomic E-state index is 0.0649. The summed E-state index contributed by atoms with van der Waals surface area (Å²) in [6.45, 7) is 14.9. The summed E-state index contributed by atoms with van der Waals surface area (Å²) in [6.07, 6.45) is 4.32. The SMILES string of the molecule is CCO[Si](CSSSSCCC1(O)CC2CCC1(C)C2(C)C)(OCC)OCC. The highest BCUT2D eigenvalue weighted by atomic mass is 33.7. The van der Waals surface area contributed by atoms with Gasteiger partial charge in [0.05, 0.1) is 11.0 Å². The van der Waals surface area contributed by atoms with Crippen LogP contribution in [-0.2, 0) is 13.3 Å². The van der Waals surface area contributed by atoms with Crippen molar-refractivity contribution < 1.29 is 18.4 Å². The molecule has 0 aromatic rings. The largest absolute Gasteiger partial charge is 0.512 e. The van der Waals surface area contributed by atoms with Crippen molar-refractivity contribution in [3.63, 3.8) is 0 Å². The molecule has 0 amide bonds. The Morgan fingerprint density at radius 2 is 1.54 bits per heavy atom. The van der Waals surface area contributed by atoms with Crippen LogP contribution in [0.1, 0.15) is 67.2 Å². The van der Waals surface area contributed by atoms with Gasteiger partial charge in [-0.3, -0.25) is 0 Å². The van der Waals surface area contributed by atoms with Crippen LogP contribution in [0.15, 0.2) is 0 Å². The molecule has 0 aromatic carbocycles. The minimum Gasteiger partial charge on any atom is -0.389 e. The van der Waals surface area contributed by atoms with Gasteiger partial charge in [-0.25, -0.2) is 0 Å². The predicted octanol–water partition coefficient (Wildman–Crippen LogP) is 6.22. The van der Waals surface area contributed by atoms with E-state index in [9.17, 15) is 5.11 Å². The minimum atomic E-state index is -2.55. The Kier molecular flexibility index (Phi) is 9.97. The van der Waals surface area contributed by atoms with Gasteiger partial charge in [-0.05, 0) is 77.4 Å². The van der Waals surface area contributed by atoms with Gasteiger partial charge in [0.2, 0.25) is 0 Å². The average molecular weight is 487 g/mol. The van der Waals surface area contributed by atoms with Crippen LogP contribution in [0.4, 0.5) is 0 Å². The molecule has 28 heavy (non-hydrogen) atoms. The summed E-state index contributed by atoms with van der Waals surface area (Å²) < 4.78 is 17.7. The Labute approximate surface area is 188 Å². The lowest BCUT2D eigenvalue weighted by Gasteiger charge is -2.45. The molecule has 4 nitrogen and oxygen atoms in total. The first-order valence-corrected chi connectivity index (χ1v) is 17.5. The number of fused-ring (bicyclic) bond motifs is 2. The maximum atomic E-state index is 11.4. The summed E-state index contributed by atoms with van der Waals surface area (Å²) in [5.41, 5.74) is -0.169. The lowest BCUT2D eigenvalue weighted by atomic mass is 9.63. The van der Waals surface area contributed by atoms with Crippen molar-refractivity contribution >= 4 is 50.0 Å². The molecule has 0 spiro atoms. The van der Waals surface area contributed by atoms with Crippen LogP contribution in [-0.4, -0.2) is 50.5 Å². The van der Waals surface area contributed by atoms with Crippen LogP contribution < -0.4 is 0 Å². The number of hydrogen-bond donors (Lipinski definition) is 1. The van der Waals surface area contributed by atoms with E-state index in [2.05, 4.69) is 20.8 Å².